The number of carbonyl (C=O) groups excluding carboxylic acids is 1. The number of anilines is 2. The Balaban J connectivity index is 1.48. The highest BCUT2D eigenvalue weighted by Crippen LogP contribution is 2.21. The van der Waals surface area contributed by atoms with Crippen molar-refractivity contribution < 1.29 is 14.6 Å². The van der Waals surface area contributed by atoms with Crippen LogP contribution in [0.2, 0.25) is 0 Å². The molecule has 2 saturated heterocycles. The molecule has 0 atom stereocenters. The molecule has 3 N–H and O–H groups in total. The fourth-order valence-electron chi connectivity index (χ4n) is 3.37. The number of nitrogens with one attached hydrogen (secondary N) is 3. The number of benzene rings is 1. The van der Waals surface area contributed by atoms with Crippen molar-refractivity contribution in [3.05, 3.63) is 24.3 Å². The Bertz CT molecular complexity index is 488. The lowest BCUT2D eigenvalue weighted by atomic mass is 10.2. The van der Waals surface area contributed by atoms with Crippen LogP contribution in [0.25, 0.3) is 0 Å². The standard InChI is InChI=1S/C17H26N4O/c1-19-10-12-20(13-11-19)14-17(22)18-15-4-6-16(7-5-15)21-8-2-3-9-21/h4-7H,2-3,8-14H2,1H3,(H,18,22)/p+2. The van der Waals surface area contributed by atoms with Crippen molar-refractivity contribution in [2.24, 2.45) is 0 Å². The van der Waals surface area contributed by atoms with Crippen LogP contribution >= 0.6 is 0 Å². The lowest BCUT2D eigenvalue weighted by molar-refractivity contribution is -0.999. The average Bonchev–Trinajstić information content (AvgIpc) is 3.05. The minimum absolute atomic E-state index is 0.128. The van der Waals surface area contributed by atoms with Crippen LogP contribution in [0.5, 0.6) is 0 Å². The average molecular weight is 304 g/mol. The largest absolute Gasteiger partial charge is 0.372 e. The third-order valence-electron chi connectivity index (χ3n) is 4.84. The van der Waals surface area contributed by atoms with E-state index in [-0.39, 0.29) is 5.91 Å². The molecule has 2 aliphatic heterocycles. The maximum atomic E-state index is 12.2. The first-order valence-electron chi connectivity index (χ1n) is 8.50. The Kier molecular flexibility index (Phi) is 4.95. The van der Waals surface area contributed by atoms with Gasteiger partial charge < -0.3 is 20.0 Å². The number of quaternary nitrogens is 2. The van der Waals surface area contributed by atoms with Crippen LogP contribution in [0.3, 0.4) is 0 Å². The molecule has 1 aromatic carbocycles. The Labute approximate surface area is 132 Å². The molecular weight excluding hydrogens is 276 g/mol. The van der Waals surface area contributed by atoms with Gasteiger partial charge in [0.05, 0.1) is 7.05 Å². The normalized spacial score (nSPS) is 25.2. The van der Waals surface area contributed by atoms with Crippen LogP contribution < -0.4 is 20.0 Å². The topological polar surface area (TPSA) is 41.2 Å². The maximum absolute atomic E-state index is 12.2. The number of nitrogens with zero attached hydrogens (tertiary/aromatic N) is 1. The van der Waals surface area contributed by atoms with Crippen molar-refractivity contribution in [2.45, 2.75) is 12.8 Å². The van der Waals surface area contributed by atoms with Gasteiger partial charge in [-0.2, -0.15) is 0 Å². The number of hydrogen-bond acceptors (Lipinski definition) is 2. The van der Waals surface area contributed by atoms with Gasteiger partial charge in [0.15, 0.2) is 6.54 Å². The second kappa shape index (κ2) is 7.11. The van der Waals surface area contributed by atoms with Crippen molar-refractivity contribution in [1.82, 2.24) is 0 Å². The van der Waals surface area contributed by atoms with Crippen LogP contribution in [0, 0.1) is 0 Å². The first kappa shape index (κ1) is 15.3. The predicted octanol–water partition coefficient (Wildman–Crippen LogP) is -1.36. The second-order valence-electron chi connectivity index (χ2n) is 6.67. The molecule has 22 heavy (non-hydrogen) atoms. The quantitative estimate of drug-likeness (QED) is 0.643. The summed E-state index contributed by atoms with van der Waals surface area (Å²) in [5, 5.41) is 3.03. The zero-order chi connectivity index (χ0) is 15.4. The molecule has 5 heteroatoms. The molecule has 0 bridgehead atoms. The molecule has 1 aromatic rings. The first-order valence-corrected chi connectivity index (χ1v) is 8.50. The lowest BCUT2D eigenvalue weighted by Gasteiger charge is -2.26. The summed E-state index contributed by atoms with van der Waals surface area (Å²) in [4.78, 5) is 17.5. The summed E-state index contributed by atoms with van der Waals surface area (Å²) in [6, 6.07) is 8.28. The van der Waals surface area contributed by atoms with Gasteiger partial charge in [0.25, 0.3) is 5.91 Å². The zero-order valence-electron chi connectivity index (χ0n) is 13.5. The van der Waals surface area contributed by atoms with Gasteiger partial charge in [-0.05, 0) is 37.1 Å². The molecule has 0 radical (unpaired) electrons. The highest BCUT2D eigenvalue weighted by molar-refractivity contribution is 5.91. The molecule has 3 rings (SSSR count). The van der Waals surface area contributed by atoms with Gasteiger partial charge in [-0.3, -0.25) is 4.79 Å². The molecule has 0 unspecified atom stereocenters. The van der Waals surface area contributed by atoms with E-state index in [2.05, 4.69) is 29.4 Å². The highest BCUT2D eigenvalue weighted by Gasteiger charge is 2.22. The molecule has 5 nitrogen and oxygen atoms in total. The number of rotatable bonds is 4. The minimum atomic E-state index is 0.128. The maximum Gasteiger partial charge on any atom is 0.279 e. The molecule has 0 saturated carbocycles. The van der Waals surface area contributed by atoms with Crippen molar-refractivity contribution in [2.75, 3.05) is 63.1 Å². The van der Waals surface area contributed by atoms with Crippen molar-refractivity contribution in [1.29, 1.82) is 0 Å². The van der Waals surface area contributed by atoms with E-state index >= 15 is 0 Å². The zero-order valence-corrected chi connectivity index (χ0v) is 13.5. The Morgan fingerprint density at radius 1 is 1.09 bits per heavy atom. The molecule has 0 aromatic heterocycles. The van der Waals surface area contributed by atoms with Crippen LogP contribution in [0.4, 0.5) is 11.4 Å². The smallest absolute Gasteiger partial charge is 0.279 e. The van der Waals surface area contributed by atoms with Crippen molar-refractivity contribution in [3.63, 3.8) is 0 Å². The number of amides is 1. The third kappa shape index (κ3) is 3.99. The van der Waals surface area contributed by atoms with E-state index in [0.717, 1.165) is 45.0 Å². The van der Waals surface area contributed by atoms with Crippen LogP contribution in [-0.4, -0.2) is 58.8 Å². The summed E-state index contributed by atoms with van der Waals surface area (Å²) in [6.45, 7) is 7.39. The Hall–Kier alpha value is -1.59. The van der Waals surface area contributed by atoms with E-state index in [9.17, 15) is 4.79 Å². The number of piperazine rings is 1. The van der Waals surface area contributed by atoms with Gasteiger partial charge in [-0.15, -0.1) is 0 Å². The monoisotopic (exact) mass is 304 g/mol. The fourth-order valence-corrected chi connectivity index (χ4v) is 3.37. The van der Waals surface area contributed by atoms with E-state index in [1.54, 1.807) is 4.90 Å². The van der Waals surface area contributed by atoms with Gasteiger partial charge in [-0.1, -0.05) is 0 Å². The van der Waals surface area contributed by atoms with E-state index in [1.165, 1.54) is 23.4 Å². The molecule has 2 fully saturated rings. The second-order valence-corrected chi connectivity index (χ2v) is 6.67. The number of likely N-dealkylation sites (N-methyl/N-ethyl adjacent to an activating group) is 1. The molecule has 2 aliphatic rings. The summed E-state index contributed by atoms with van der Waals surface area (Å²) in [5.74, 6) is 0.128. The van der Waals surface area contributed by atoms with Gasteiger partial charge >= 0.3 is 0 Å². The van der Waals surface area contributed by atoms with Gasteiger partial charge in [0.2, 0.25) is 0 Å². The van der Waals surface area contributed by atoms with Gasteiger partial charge in [0, 0.05) is 24.5 Å². The van der Waals surface area contributed by atoms with E-state index in [4.69, 9.17) is 0 Å². The predicted molar refractivity (Wildman–Crippen MR) is 88.7 cm³/mol. The van der Waals surface area contributed by atoms with Crippen LogP contribution in [0.15, 0.2) is 24.3 Å². The van der Waals surface area contributed by atoms with E-state index < -0.39 is 0 Å². The van der Waals surface area contributed by atoms with Crippen molar-refractivity contribution >= 4 is 17.3 Å². The lowest BCUT2D eigenvalue weighted by Crippen LogP contribution is -3.27. The molecule has 120 valence electrons. The SMILES string of the molecule is C[NH+]1CC[NH+](CC(=O)Nc2ccc(N3CCCC3)cc2)CC1. The Morgan fingerprint density at radius 3 is 2.36 bits per heavy atom. The number of carbonyl (C=O) groups is 1. The minimum Gasteiger partial charge on any atom is -0.372 e. The first-order chi connectivity index (χ1) is 10.7. The Morgan fingerprint density at radius 2 is 1.73 bits per heavy atom. The summed E-state index contributed by atoms with van der Waals surface area (Å²) >= 11 is 0. The van der Waals surface area contributed by atoms with E-state index in [1.807, 2.05) is 12.1 Å². The van der Waals surface area contributed by atoms with Crippen molar-refractivity contribution in [3.8, 4) is 0 Å². The summed E-state index contributed by atoms with van der Waals surface area (Å²) in [6.07, 6.45) is 2.57. The summed E-state index contributed by atoms with van der Waals surface area (Å²) < 4.78 is 0. The van der Waals surface area contributed by atoms with E-state index in [0.29, 0.717) is 6.54 Å². The highest BCUT2D eigenvalue weighted by atomic mass is 16.2. The molecular formula is C17H28N4O+2. The van der Waals surface area contributed by atoms with Gasteiger partial charge in [-0.25, -0.2) is 0 Å². The van der Waals surface area contributed by atoms with Gasteiger partial charge in [0.1, 0.15) is 26.2 Å². The molecule has 0 spiro atoms. The third-order valence-corrected chi connectivity index (χ3v) is 4.84. The fraction of sp³-hybridized carbons (Fsp3) is 0.588. The van der Waals surface area contributed by atoms with Crippen LogP contribution in [-0.2, 0) is 4.79 Å². The molecule has 2 heterocycles. The number of hydrogen-bond donors (Lipinski definition) is 3. The summed E-state index contributed by atoms with van der Waals surface area (Å²) in [7, 11) is 2.22. The molecule has 1 amide bonds. The van der Waals surface area contributed by atoms with Crippen LogP contribution in [0.1, 0.15) is 12.8 Å². The molecule has 0 aliphatic carbocycles. The summed E-state index contributed by atoms with van der Waals surface area (Å²) in [5.41, 5.74) is 2.18.